The van der Waals surface area contributed by atoms with Crippen molar-refractivity contribution in [3.05, 3.63) is 35.4 Å². The van der Waals surface area contributed by atoms with E-state index in [1.165, 1.54) is 0 Å². The van der Waals surface area contributed by atoms with Crippen molar-refractivity contribution in [1.82, 2.24) is 4.90 Å². The van der Waals surface area contributed by atoms with E-state index >= 15 is 0 Å². The van der Waals surface area contributed by atoms with Crippen molar-refractivity contribution in [2.24, 2.45) is 10.9 Å². The van der Waals surface area contributed by atoms with Gasteiger partial charge in [0.05, 0.1) is 0 Å². The summed E-state index contributed by atoms with van der Waals surface area (Å²) < 4.78 is 0. The Hall–Kier alpha value is -2.04. The smallest absolute Gasteiger partial charge is 0.222 e. The van der Waals surface area contributed by atoms with Crippen molar-refractivity contribution in [3.8, 4) is 0 Å². The average Bonchev–Trinajstić information content (AvgIpc) is 2.75. The summed E-state index contributed by atoms with van der Waals surface area (Å²) in [6, 6.07) is 7.34. The van der Waals surface area contributed by atoms with Gasteiger partial charge in [-0.05, 0) is 12.0 Å². The number of rotatable bonds is 3. The van der Waals surface area contributed by atoms with Gasteiger partial charge in [-0.2, -0.15) is 0 Å². The van der Waals surface area contributed by atoms with Gasteiger partial charge < -0.3 is 15.8 Å². The highest BCUT2D eigenvalue weighted by molar-refractivity contribution is 5.96. The summed E-state index contributed by atoms with van der Waals surface area (Å²) in [6.07, 6.45) is 1.60. The molecular formula is C12H15N3O2. The molecule has 1 aliphatic rings. The minimum atomic E-state index is 0.0915. The van der Waals surface area contributed by atoms with Gasteiger partial charge in [-0.1, -0.05) is 29.4 Å². The third kappa shape index (κ3) is 2.55. The van der Waals surface area contributed by atoms with Crippen LogP contribution in [0.4, 0.5) is 0 Å². The van der Waals surface area contributed by atoms with Gasteiger partial charge in [-0.3, -0.25) is 4.79 Å². The van der Waals surface area contributed by atoms with Crippen LogP contribution in [-0.2, 0) is 11.3 Å². The van der Waals surface area contributed by atoms with Gasteiger partial charge >= 0.3 is 0 Å². The van der Waals surface area contributed by atoms with Crippen molar-refractivity contribution < 1.29 is 10.0 Å². The Morgan fingerprint density at radius 2 is 2.12 bits per heavy atom. The Balaban J connectivity index is 2.05. The summed E-state index contributed by atoms with van der Waals surface area (Å²) in [4.78, 5) is 13.3. The van der Waals surface area contributed by atoms with Crippen LogP contribution < -0.4 is 5.73 Å². The number of oxime groups is 1. The van der Waals surface area contributed by atoms with Crippen molar-refractivity contribution in [2.75, 3.05) is 6.54 Å². The van der Waals surface area contributed by atoms with Crippen LogP contribution in [0, 0.1) is 0 Å². The van der Waals surface area contributed by atoms with Crippen LogP contribution in [0.1, 0.15) is 24.0 Å². The van der Waals surface area contributed by atoms with Gasteiger partial charge in [0, 0.05) is 25.1 Å². The van der Waals surface area contributed by atoms with E-state index in [-0.39, 0.29) is 11.7 Å². The molecule has 1 aromatic rings. The number of hydrogen-bond donors (Lipinski definition) is 2. The lowest BCUT2D eigenvalue weighted by molar-refractivity contribution is -0.128. The van der Waals surface area contributed by atoms with Crippen LogP contribution in [0.3, 0.4) is 0 Å². The Morgan fingerprint density at radius 1 is 1.41 bits per heavy atom. The molecule has 1 aromatic carbocycles. The molecule has 1 heterocycles. The number of likely N-dealkylation sites (tertiary alicyclic amines) is 1. The summed E-state index contributed by atoms with van der Waals surface area (Å²) in [5, 5.41) is 11.5. The minimum absolute atomic E-state index is 0.0915. The fourth-order valence-electron chi connectivity index (χ4n) is 1.93. The average molecular weight is 233 g/mol. The standard InChI is InChI=1S/C12H15N3O2/c13-12(14-17)10-5-3-9(4-6-10)8-15-7-1-2-11(15)16/h3-6,17H,1-2,7-8H2,(H2,13,14). The molecular weight excluding hydrogens is 218 g/mol. The fourth-order valence-corrected chi connectivity index (χ4v) is 1.93. The van der Waals surface area contributed by atoms with Crippen molar-refractivity contribution in [1.29, 1.82) is 0 Å². The minimum Gasteiger partial charge on any atom is -0.409 e. The predicted molar refractivity (Wildman–Crippen MR) is 63.6 cm³/mol. The number of amidine groups is 1. The van der Waals surface area contributed by atoms with Crippen molar-refractivity contribution in [3.63, 3.8) is 0 Å². The van der Waals surface area contributed by atoms with Gasteiger partial charge in [-0.25, -0.2) is 0 Å². The Bertz CT molecular complexity index is 440. The number of benzene rings is 1. The summed E-state index contributed by atoms with van der Waals surface area (Å²) >= 11 is 0. The molecule has 17 heavy (non-hydrogen) atoms. The second-order valence-corrected chi connectivity index (χ2v) is 4.10. The van der Waals surface area contributed by atoms with E-state index in [9.17, 15) is 4.79 Å². The molecule has 0 bridgehead atoms. The number of nitrogens with zero attached hydrogens (tertiary/aromatic N) is 2. The zero-order valence-corrected chi connectivity index (χ0v) is 9.47. The second-order valence-electron chi connectivity index (χ2n) is 4.10. The van der Waals surface area contributed by atoms with E-state index in [1.807, 2.05) is 17.0 Å². The van der Waals surface area contributed by atoms with Crippen LogP contribution in [0.5, 0.6) is 0 Å². The molecule has 0 saturated carbocycles. The summed E-state index contributed by atoms with van der Waals surface area (Å²) in [5.74, 6) is 0.305. The van der Waals surface area contributed by atoms with Crippen LogP contribution in [0.25, 0.3) is 0 Å². The monoisotopic (exact) mass is 233 g/mol. The zero-order chi connectivity index (χ0) is 12.3. The van der Waals surface area contributed by atoms with Crippen LogP contribution >= 0.6 is 0 Å². The molecule has 2 rings (SSSR count). The quantitative estimate of drug-likeness (QED) is 0.352. The second kappa shape index (κ2) is 4.86. The molecule has 0 aromatic heterocycles. The predicted octanol–water partition coefficient (Wildman–Crippen LogP) is 0.903. The van der Waals surface area contributed by atoms with Gasteiger partial charge in [-0.15, -0.1) is 0 Å². The first-order valence-corrected chi connectivity index (χ1v) is 5.55. The Labute approximate surface area is 99.5 Å². The molecule has 5 heteroatoms. The highest BCUT2D eigenvalue weighted by Crippen LogP contribution is 2.14. The Morgan fingerprint density at radius 3 is 2.65 bits per heavy atom. The lowest BCUT2D eigenvalue weighted by atomic mass is 10.1. The first-order valence-electron chi connectivity index (χ1n) is 5.55. The normalized spacial score (nSPS) is 16.6. The number of nitrogens with two attached hydrogens (primary N) is 1. The van der Waals surface area contributed by atoms with Crippen LogP contribution in [0.2, 0.25) is 0 Å². The maximum Gasteiger partial charge on any atom is 0.222 e. The molecule has 3 N–H and O–H groups in total. The van der Waals surface area contributed by atoms with Gasteiger partial charge in [0.15, 0.2) is 5.84 Å². The number of amides is 1. The van der Waals surface area contributed by atoms with Crippen LogP contribution in [-0.4, -0.2) is 28.4 Å². The molecule has 1 fully saturated rings. The van der Waals surface area contributed by atoms with E-state index < -0.39 is 0 Å². The first kappa shape index (κ1) is 11.4. The highest BCUT2D eigenvalue weighted by atomic mass is 16.4. The number of hydrogen-bond acceptors (Lipinski definition) is 3. The first-order chi connectivity index (χ1) is 8.20. The van der Waals surface area contributed by atoms with E-state index in [2.05, 4.69) is 5.16 Å². The van der Waals surface area contributed by atoms with E-state index in [0.29, 0.717) is 18.5 Å². The zero-order valence-electron chi connectivity index (χ0n) is 9.47. The topological polar surface area (TPSA) is 78.9 Å². The van der Waals surface area contributed by atoms with Gasteiger partial charge in [0.2, 0.25) is 5.91 Å². The number of carbonyl (C=O) groups is 1. The molecule has 0 spiro atoms. The van der Waals surface area contributed by atoms with Crippen molar-refractivity contribution in [2.45, 2.75) is 19.4 Å². The molecule has 5 nitrogen and oxygen atoms in total. The van der Waals surface area contributed by atoms with E-state index in [4.69, 9.17) is 10.9 Å². The molecule has 0 aliphatic carbocycles. The van der Waals surface area contributed by atoms with Crippen molar-refractivity contribution >= 4 is 11.7 Å². The van der Waals surface area contributed by atoms with E-state index in [0.717, 1.165) is 18.5 Å². The molecule has 0 radical (unpaired) electrons. The maximum absolute atomic E-state index is 11.5. The van der Waals surface area contributed by atoms with E-state index in [1.54, 1.807) is 12.1 Å². The number of carbonyl (C=O) groups excluding carboxylic acids is 1. The highest BCUT2D eigenvalue weighted by Gasteiger charge is 2.19. The molecule has 0 unspecified atom stereocenters. The van der Waals surface area contributed by atoms with Crippen LogP contribution in [0.15, 0.2) is 29.4 Å². The molecule has 0 atom stereocenters. The SMILES string of the molecule is N/C(=N/O)c1ccc(CN2CCCC2=O)cc1. The summed E-state index contributed by atoms with van der Waals surface area (Å²) in [6.45, 7) is 1.47. The lowest BCUT2D eigenvalue weighted by Crippen LogP contribution is -2.23. The summed E-state index contributed by atoms with van der Waals surface area (Å²) in [7, 11) is 0. The third-order valence-electron chi connectivity index (χ3n) is 2.90. The largest absolute Gasteiger partial charge is 0.409 e. The Kier molecular flexibility index (Phi) is 3.27. The summed E-state index contributed by atoms with van der Waals surface area (Å²) in [5.41, 5.74) is 7.19. The fraction of sp³-hybridized carbons (Fsp3) is 0.333. The maximum atomic E-state index is 11.5. The lowest BCUT2D eigenvalue weighted by Gasteiger charge is -2.15. The molecule has 1 aliphatic heterocycles. The van der Waals surface area contributed by atoms with Gasteiger partial charge in [0.1, 0.15) is 0 Å². The molecule has 1 saturated heterocycles. The molecule has 1 amide bonds. The van der Waals surface area contributed by atoms with Gasteiger partial charge in [0.25, 0.3) is 0 Å². The molecule has 90 valence electrons. The third-order valence-corrected chi connectivity index (χ3v) is 2.90.